The van der Waals surface area contributed by atoms with Crippen molar-refractivity contribution in [3.8, 4) is 0 Å². The molecule has 0 unspecified atom stereocenters. The molecule has 1 heterocycles. The molecular formula is C18H18ClN3OS. The van der Waals surface area contributed by atoms with Gasteiger partial charge in [0.2, 0.25) is 5.91 Å². The van der Waals surface area contributed by atoms with Crippen LogP contribution in [0.4, 0.5) is 0 Å². The first-order valence-electron chi connectivity index (χ1n) is 7.63. The van der Waals surface area contributed by atoms with E-state index in [0.717, 1.165) is 33.2 Å². The molecule has 124 valence electrons. The molecule has 2 aromatic carbocycles. The summed E-state index contributed by atoms with van der Waals surface area (Å²) < 4.78 is 2.01. The van der Waals surface area contributed by atoms with Crippen LogP contribution in [0.2, 0.25) is 5.02 Å². The molecule has 0 saturated carbocycles. The van der Waals surface area contributed by atoms with Gasteiger partial charge in [0.05, 0.1) is 23.3 Å². The molecule has 0 aliphatic heterocycles. The molecule has 1 amide bonds. The van der Waals surface area contributed by atoms with Gasteiger partial charge in [-0.1, -0.05) is 35.9 Å². The van der Waals surface area contributed by atoms with Crippen molar-refractivity contribution in [1.82, 2.24) is 14.9 Å². The minimum Gasteiger partial charge on any atom is -0.348 e. The van der Waals surface area contributed by atoms with Gasteiger partial charge in [-0.2, -0.15) is 0 Å². The maximum Gasteiger partial charge on any atom is 0.230 e. The number of nitrogens with zero attached hydrogens (tertiary/aromatic N) is 2. The number of fused-ring (bicyclic) bond motifs is 1. The largest absolute Gasteiger partial charge is 0.348 e. The van der Waals surface area contributed by atoms with Crippen LogP contribution in [0, 0.1) is 0 Å². The Balaban J connectivity index is 1.48. The Morgan fingerprint density at radius 2 is 1.96 bits per heavy atom. The van der Waals surface area contributed by atoms with Crippen LogP contribution < -0.4 is 5.32 Å². The monoisotopic (exact) mass is 359 g/mol. The maximum atomic E-state index is 12.0. The molecule has 3 aromatic rings. The molecule has 1 aromatic heterocycles. The van der Waals surface area contributed by atoms with E-state index in [1.165, 1.54) is 0 Å². The molecule has 6 heteroatoms. The predicted molar refractivity (Wildman–Crippen MR) is 100 cm³/mol. The van der Waals surface area contributed by atoms with E-state index >= 15 is 0 Å². The molecule has 24 heavy (non-hydrogen) atoms. The third kappa shape index (κ3) is 4.10. The minimum absolute atomic E-state index is 0.0148. The first kappa shape index (κ1) is 16.9. The summed E-state index contributed by atoms with van der Waals surface area (Å²) >= 11 is 7.44. The average Bonchev–Trinajstić information content (AvgIpc) is 2.91. The summed E-state index contributed by atoms with van der Waals surface area (Å²) in [6, 6.07) is 15.6. The van der Waals surface area contributed by atoms with Gasteiger partial charge in [0.15, 0.2) is 0 Å². The number of imidazole rings is 1. The van der Waals surface area contributed by atoms with Gasteiger partial charge in [-0.05, 0) is 29.8 Å². The Kier molecular flexibility index (Phi) is 5.43. The second-order valence-electron chi connectivity index (χ2n) is 5.47. The van der Waals surface area contributed by atoms with E-state index in [4.69, 9.17) is 11.6 Å². The SMILES string of the molecule is Cn1c(CNC(=O)CSCc2ccc(Cl)cc2)nc2ccccc21. The molecule has 0 spiro atoms. The molecule has 0 radical (unpaired) electrons. The Morgan fingerprint density at radius 1 is 1.21 bits per heavy atom. The summed E-state index contributed by atoms with van der Waals surface area (Å²) in [6.07, 6.45) is 0. The fourth-order valence-corrected chi connectivity index (χ4v) is 3.37. The number of aryl methyl sites for hydroxylation is 1. The quantitative estimate of drug-likeness (QED) is 0.728. The second-order valence-corrected chi connectivity index (χ2v) is 6.89. The number of hydrogen-bond acceptors (Lipinski definition) is 3. The zero-order valence-corrected chi connectivity index (χ0v) is 14.9. The number of aromatic nitrogens is 2. The Hall–Kier alpha value is -1.98. The lowest BCUT2D eigenvalue weighted by Crippen LogP contribution is -2.26. The van der Waals surface area contributed by atoms with Crippen LogP contribution in [-0.4, -0.2) is 21.2 Å². The maximum absolute atomic E-state index is 12.0. The number of benzene rings is 2. The van der Waals surface area contributed by atoms with Crippen molar-refractivity contribution in [2.45, 2.75) is 12.3 Å². The Labute approximate surface area is 150 Å². The number of rotatable bonds is 6. The van der Waals surface area contributed by atoms with Gasteiger partial charge in [0.1, 0.15) is 5.82 Å². The first-order valence-corrected chi connectivity index (χ1v) is 9.16. The van der Waals surface area contributed by atoms with Crippen molar-refractivity contribution in [3.63, 3.8) is 0 Å². The second kappa shape index (κ2) is 7.73. The molecule has 3 rings (SSSR count). The van der Waals surface area contributed by atoms with Crippen molar-refractivity contribution in [2.75, 3.05) is 5.75 Å². The lowest BCUT2D eigenvalue weighted by molar-refractivity contribution is -0.118. The van der Waals surface area contributed by atoms with Gasteiger partial charge < -0.3 is 9.88 Å². The molecular weight excluding hydrogens is 342 g/mol. The van der Waals surface area contributed by atoms with Crippen LogP contribution in [0.25, 0.3) is 11.0 Å². The van der Waals surface area contributed by atoms with Gasteiger partial charge >= 0.3 is 0 Å². The summed E-state index contributed by atoms with van der Waals surface area (Å²) in [6.45, 7) is 0.436. The van der Waals surface area contributed by atoms with Crippen LogP contribution in [0.15, 0.2) is 48.5 Å². The summed E-state index contributed by atoms with van der Waals surface area (Å²) in [5.74, 6) is 2.08. The molecule has 0 aliphatic carbocycles. The van der Waals surface area contributed by atoms with Crippen molar-refractivity contribution in [3.05, 3.63) is 64.9 Å². The van der Waals surface area contributed by atoms with E-state index in [9.17, 15) is 4.79 Å². The standard InChI is InChI=1S/C18H18ClN3OS/c1-22-16-5-3-2-4-15(16)21-17(22)10-20-18(23)12-24-11-13-6-8-14(19)9-7-13/h2-9H,10-12H2,1H3,(H,20,23). The lowest BCUT2D eigenvalue weighted by atomic mass is 10.2. The van der Waals surface area contributed by atoms with Crippen LogP contribution in [0.1, 0.15) is 11.4 Å². The zero-order chi connectivity index (χ0) is 16.9. The number of halogens is 1. The molecule has 0 atom stereocenters. The fourth-order valence-electron chi connectivity index (χ4n) is 2.42. The van der Waals surface area contributed by atoms with Gasteiger partial charge in [-0.25, -0.2) is 4.98 Å². The van der Waals surface area contributed by atoms with Gasteiger partial charge in [-0.15, -0.1) is 11.8 Å². The van der Waals surface area contributed by atoms with E-state index < -0.39 is 0 Å². The van der Waals surface area contributed by atoms with Crippen LogP contribution >= 0.6 is 23.4 Å². The Morgan fingerprint density at radius 3 is 2.71 bits per heavy atom. The van der Waals surface area contributed by atoms with Gasteiger partial charge in [-0.3, -0.25) is 4.79 Å². The van der Waals surface area contributed by atoms with E-state index in [-0.39, 0.29) is 5.91 Å². The highest BCUT2D eigenvalue weighted by atomic mass is 35.5. The van der Waals surface area contributed by atoms with Gasteiger partial charge in [0.25, 0.3) is 0 Å². The number of hydrogen-bond donors (Lipinski definition) is 1. The third-order valence-electron chi connectivity index (χ3n) is 3.74. The van der Waals surface area contributed by atoms with Crippen LogP contribution in [-0.2, 0) is 24.1 Å². The highest BCUT2D eigenvalue weighted by Gasteiger charge is 2.08. The fraction of sp³-hybridized carbons (Fsp3) is 0.222. The summed E-state index contributed by atoms with van der Waals surface area (Å²) in [7, 11) is 1.96. The number of nitrogens with one attached hydrogen (secondary N) is 1. The molecule has 1 N–H and O–H groups in total. The molecule has 0 fully saturated rings. The van der Waals surface area contributed by atoms with Crippen molar-refractivity contribution >= 4 is 40.3 Å². The number of amides is 1. The van der Waals surface area contributed by atoms with Crippen molar-refractivity contribution in [2.24, 2.45) is 7.05 Å². The first-order chi connectivity index (χ1) is 11.6. The molecule has 0 aliphatic rings. The topological polar surface area (TPSA) is 46.9 Å². The summed E-state index contributed by atoms with van der Waals surface area (Å²) in [5, 5.41) is 3.66. The van der Waals surface area contributed by atoms with Crippen LogP contribution in [0.5, 0.6) is 0 Å². The molecule has 0 bridgehead atoms. The molecule has 4 nitrogen and oxygen atoms in total. The van der Waals surface area contributed by atoms with Crippen molar-refractivity contribution < 1.29 is 4.79 Å². The predicted octanol–water partition coefficient (Wildman–Crippen LogP) is 3.78. The molecule has 0 saturated heterocycles. The average molecular weight is 360 g/mol. The highest BCUT2D eigenvalue weighted by molar-refractivity contribution is 7.99. The normalized spacial score (nSPS) is 10.9. The summed E-state index contributed by atoms with van der Waals surface area (Å²) in [4.78, 5) is 16.5. The lowest BCUT2D eigenvalue weighted by Gasteiger charge is -2.06. The smallest absolute Gasteiger partial charge is 0.230 e. The zero-order valence-electron chi connectivity index (χ0n) is 13.3. The van der Waals surface area contributed by atoms with Crippen LogP contribution in [0.3, 0.4) is 0 Å². The van der Waals surface area contributed by atoms with E-state index in [1.54, 1.807) is 11.8 Å². The van der Waals surface area contributed by atoms with E-state index in [0.29, 0.717) is 12.3 Å². The number of thioether (sulfide) groups is 1. The summed E-state index contributed by atoms with van der Waals surface area (Å²) in [5.41, 5.74) is 3.17. The van der Waals surface area contributed by atoms with E-state index in [1.807, 2.05) is 60.1 Å². The Bertz CT molecular complexity index is 845. The number of carbonyl (C=O) groups is 1. The van der Waals surface area contributed by atoms with E-state index in [2.05, 4.69) is 10.3 Å². The van der Waals surface area contributed by atoms with Gasteiger partial charge in [0, 0.05) is 17.8 Å². The highest BCUT2D eigenvalue weighted by Crippen LogP contribution is 2.16. The number of para-hydroxylation sites is 2. The third-order valence-corrected chi connectivity index (χ3v) is 4.99. The minimum atomic E-state index is 0.0148. The number of carbonyl (C=O) groups excluding carboxylic acids is 1. The van der Waals surface area contributed by atoms with Crippen molar-refractivity contribution in [1.29, 1.82) is 0 Å².